The number of furan rings is 1. The number of piperazine rings is 1. The lowest BCUT2D eigenvalue weighted by Gasteiger charge is -2.34. The van der Waals surface area contributed by atoms with Gasteiger partial charge < -0.3 is 9.32 Å². The van der Waals surface area contributed by atoms with Crippen molar-refractivity contribution < 1.29 is 9.21 Å². The van der Waals surface area contributed by atoms with Crippen LogP contribution in [0.5, 0.6) is 0 Å². The molecule has 0 unspecified atom stereocenters. The Labute approximate surface area is 160 Å². The number of rotatable bonds is 4. The molecule has 0 aliphatic carbocycles. The predicted molar refractivity (Wildman–Crippen MR) is 104 cm³/mol. The third-order valence-electron chi connectivity index (χ3n) is 5.15. The van der Waals surface area contributed by atoms with Gasteiger partial charge in [-0.3, -0.25) is 19.1 Å². The molecule has 0 bridgehead atoms. The maximum Gasteiger partial charge on any atom is 0.262 e. The van der Waals surface area contributed by atoms with Crippen molar-refractivity contribution in [1.29, 1.82) is 0 Å². The van der Waals surface area contributed by atoms with Gasteiger partial charge in [0.1, 0.15) is 17.1 Å². The first-order chi connectivity index (χ1) is 13.0. The molecule has 3 aromatic rings. The molecular weight excluding hydrogens is 364 g/mol. The van der Waals surface area contributed by atoms with Crippen molar-refractivity contribution in [3.63, 3.8) is 0 Å². The fourth-order valence-corrected chi connectivity index (χ4v) is 4.39. The van der Waals surface area contributed by atoms with Crippen molar-refractivity contribution in [1.82, 2.24) is 19.4 Å². The molecule has 1 fully saturated rings. The van der Waals surface area contributed by atoms with Crippen LogP contribution in [0.25, 0.3) is 10.2 Å². The molecule has 1 aliphatic heterocycles. The molecule has 0 radical (unpaired) electrons. The molecule has 1 amide bonds. The maximum absolute atomic E-state index is 12.8. The number of amides is 1. The summed E-state index contributed by atoms with van der Waals surface area (Å²) in [5, 5.41) is 0.635. The van der Waals surface area contributed by atoms with Crippen molar-refractivity contribution in [2.24, 2.45) is 0 Å². The van der Waals surface area contributed by atoms with E-state index in [1.807, 2.05) is 30.9 Å². The molecule has 1 saturated heterocycles. The molecule has 27 heavy (non-hydrogen) atoms. The van der Waals surface area contributed by atoms with Gasteiger partial charge in [0.15, 0.2) is 0 Å². The average Bonchev–Trinajstić information content (AvgIpc) is 3.27. The molecule has 0 N–H and O–H groups in total. The lowest BCUT2D eigenvalue weighted by molar-refractivity contribution is -0.133. The van der Waals surface area contributed by atoms with Gasteiger partial charge in [0.25, 0.3) is 5.56 Å². The Balaban J connectivity index is 1.41. The first kappa shape index (κ1) is 17.9. The Morgan fingerprint density at radius 1 is 1.26 bits per heavy atom. The highest BCUT2D eigenvalue weighted by Crippen LogP contribution is 2.25. The molecule has 0 saturated carbocycles. The first-order valence-electron chi connectivity index (χ1n) is 9.00. The van der Waals surface area contributed by atoms with E-state index in [9.17, 15) is 9.59 Å². The van der Waals surface area contributed by atoms with Crippen LogP contribution < -0.4 is 5.56 Å². The summed E-state index contributed by atoms with van der Waals surface area (Å²) in [6.07, 6.45) is 3.17. The third kappa shape index (κ3) is 3.54. The quantitative estimate of drug-likeness (QED) is 0.686. The lowest BCUT2D eigenvalue weighted by Crippen LogP contribution is -2.49. The maximum atomic E-state index is 12.8. The molecule has 4 heterocycles. The van der Waals surface area contributed by atoms with Gasteiger partial charge >= 0.3 is 0 Å². The molecule has 7 nitrogen and oxygen atoms in total. The second kappa shape index (κ2) is 7.28. The van der Waals surface area contributed by atoms with Crippen LogP contribution in [-0.4, -0.2) is 51.4 Å². The second-order valence-corrected chi connectivity index (χ2v) is 8.08. The number of carbonyl (C=O) groups is 1. The normalized spacial score (nSPS) is 15.6. The van der Waals surface area contributed by atoms with Crippen molar-refractivity contribution >= 4 is 27.5 Å². The average molecular weight is 386 g/mol. The molecule has 1 aliphatic rings. The van der Waals surface area contributed by atoms with E-state index in [-0.39, 0.29) is 18.0 Å². The van der Waals surface area contributed by atoms with Crippen LogP contribution in [-0.2, 0) is 17.9 Å². The van der Waals surface area contributed by atoms with Crippen molar-refractivity contribution in [2.75, 3.05) is 26.2 Å². The van der Waals surface area contributed by atoms with Gasteiger partial charge in [0, 0.05) is 31.1 Å². The third-order valence-corrected chi connectivity index (χ3v) is 6.26. The first-order valence-corrected chi connectivity index (χ1v) is 9.82. The Bertz CT molecular complexity index is 1010. The molecule has 142 valence electrons. The SMILES string of the molecule is Cc1sc2ncn(CC(=O)N3CCN(Cc4ccco4)CC3)c(=O)c2c1C. The van der Waals surface area contributed by atoms with E-state index in [1.165, 1.54) is 22.2 Å². The zero-order chi connectivity index (χ0) is 19.0. The van der Waals surface area contributed by atoms with Gasteiger partial charge in [-0.1, -0.05) is 0 Å². The van der Waals surface area contributed by atoms with Crippen LogP contribution in [0.3, 0.4) is 0 Å². The molecule has 0 spiro atoms. The molecule has 8 heteroatoms. The minimum atomic E-state index is -0.133. The fraction of sp³-hybridized carbons (Fsp3) is 0.421. The highest BCUT2D eigenvalue weighted by atomic mass is 32.1. The van der Waals surface area contributed by atoms with Gasteiger partial charge in [-0.05, 0) is 31.5 Å². The zero-order valence-corrected chi connectivity index (χ0v) is 16.3. The molecule has 0 aromatic carbocycles. The Morgan fingerprint density at radius 2 is 2.04 bits per heavy atom. The van der Waals surface area contributed by atoms with Crippen LogP contribution in [0.1, 0.15) is 16.2 Å². The molecular formula is C19H22N4O3S. The van der Waals surface area contributed by atoms with Crippen LogP contribution in [0.4, 0.5) is 0 Å². The highest BCUT2D eigenvalue weighted by Gasteiger charge is 2.22. The van der Waals surface area contributed by atoms with E-state index in [4.69, 9.17) is 4.42 Å². The predicted octanol–water partition coefficient (Wildman–Crippen LogP) is 2.01. The second-order valence-electron chi connectivity index (χ2n) is 6.88. The van der Waals surface area contributed by atoms with E-state index in [0.717, 1.165) is 40.7 Å². The molecule has 0 atom stereocenters. The Kier molecular flexibility index (Phi) is 4.84. The van der Waals surface area contributed by atoms with Gasteiger partial charge in [-0.25, -0.2) is 4.98 Å². The Hall–Kier alpha value is -2.45. The monoisotopic (exact) mass is 386 g/mol. The zero-order valence-electron chi connectivity index (χ0n) is 15.5. The van der Waals surface area contributed by atoms with Gasteiger partial charge in [0.2, 0.25) is 5.91 Å². The van der Waals surface area contributed by atoms with E-state index in [2.05, 4.69) is 9.88 Å². The summed E-state index contributed by atoms with van der Waals surface area (Å²) in [5.41, 5.74) is 0.826. The number of fused-ring (bicyclic) bond motifs is 1. The highest BCUT2D eigenvalue weighted by molar-refractivity contribution is 7.18. The number of thiophene rings is 1. The Morgan fingerprint density at radius 3 is 2.74 bits per heavy atom. The minimum Gasteiger partial charge on any atom is -0.468 e. The largest absolute Gasteiger partial charge is 0.468 e. The van der Waals surface area contributed by atoms with Crippen molar-refractivity contribution in [2.45, 2.75) is 26.9 Å². The summed E-state index contributed by atoms with van der Waals surface area (Å²) >= 11 is 1.52. The summed E-state index contributed by atoms with van der Waals surface area (Å²) in [7, 11) is 0. The number of hydrogen-bond donors (Lipinski definition) is 0. The summed E-state index contributed by atoms with van der Waals surface area (Å²) < 4.78 is 6.81. The number of aryl methyl sites for hydroxylation is 2. The number of aromatic nitrogens is 2. The minimum absolute atomic E-state index is 0.0360. The topological polar surface area (TPSA) is 71.6 Å². The summed E-state index contributed by atoms with van der Waals surface area (Å²) in [5.74, 6) is 0.891. The van der Waals surface area contributed by atoms with Crippen LogP contribution in [0.2, 0.25) is 0 Å². The van der Waals surface area contributed by atoms with Gasteiger partial charge in [0.05, 0.1) is 24.5 Å². The number of hydrogen-bond acceptors (Lipinski definition) is 6. The number of carbonyl (C=O) groups excluding carboxylic acids is 1. The molecule has 4 rings (SSSR count). The van der Waals surface area contributed by atoms with E-state index < -0.39 is 0 Å². The summed E-state index contributed by atoms with van der Waals surface area (Å²) in [6.45, 7) is 7.60. The van der Waals surface area contributed by atoms with E-state index in [1.54, 1.807) is 6.26 Å². The van der Waals surface area contributed by atoms with Crippen molar-refractivity contribution in [3.05, 3.63) is 51.3 Å². The van der Waals surface area contributed by atoms with Crippen LogP contribution in [0, 0.1) is 13.8 Å². The smallest absolute Gasteiger partial charge is 0.262 e. The fourth-order valence-electron chi connectivity index (χ4n) is 3.41. The molecule has 3 aromatic heterocycles. The van der Waals surface area contributed by atoms with Crippen LogP contribution >= 0.6 is 11.3 Å². The summed E-state index contributed by atoms with van der Waals surface area (Å²) in [6, 6.07) is 3.84. The van der Waals surface area contributed by atoms with Crippen molar-refractivity contribution in [3.8, 4) is 0 Å². The summed E-state index contributed by atoms with van der Waals surface area (Å²) in [4.78, 5) is 35.7. The van der Waals surface area contributed by atoms with E-state index in [0.29, 0.717) is 18.5 Å². The standard InChI is InChI=1S/C19H22N4O3S/c1-13-14(2)27-18-17(13)19(25)23(12-20-18)11-16(24)22-7-5-21(6-8-22)10-15-4-3-9-26-15/h3-4,9,12H,5-8,10-11H2,1-2H3. The van der Waals surface area contributed by atoms with Gasteiger partial charge in [-0.2, -0.15) is 0 Å². The lowest BCUT2D eigenvalue weighted by atomic mass is 10.2. The van der Waals surface area contributed by atoms with Crippen LogP contribution in [0.15, 0.2) is 33.9 Å². The number of nitrogens with zero attached hydrogens (tertiary/aromatic N) is 4. The van der Waals surface area contributed by atoms with E-state index >= 15 is 0 Å². The van der Waals surface area contributed by atoms with Gasteiger partial charge in [-0.15, -0.1) is 11.3 Å².